The van der Waals surface area contributed by atoms with Crippen molar-refractivity contribution < 1.29 is 4.74 Å². The van der Waals surface area contributed by atoms with Crippen molar-refractivity contribution >= 4 is 5.57 Å². The molecule has 1 fully saturated rings. The van der Waals surface area contributed by atoms with Gasteiger partial charge in [0, 0.05) is 12.6 Å². The van der Waals surface area contributed by atoms with Crippen molar-refractivity contribution in [3.8, 4) is 5.75 Å². The van der Waals surface area contributed by atoms with Crippen LogP contribution in [0, 0.1) is 0 Å². The summed E-state index contributed by atoms with van der Waals surface area (Å²) in [5, 5.41) is 0. The van der Waals surface area contributed by atoms with Crippen LogP contribution in [0.1, 0.15) is 25.0 Å². The van der Waals surface area contributed by atoms with Gasteiger partial charge in [0.1, 0.15) is 11.4 Å². The van der Waals surface area contributed by atoms with E-state index in [1.165, 1.54) is 18.4 Å². The summed E-state index contributed by atoms with van der Waals surface area (Å²) in [6.45, 7) is 0.817. The lowest BCUT2D eigenvalue weighted by Crippen LogP contribution is -2.08. The van der Waals surface area contributed by atoms with Gasteiger partial charge >= 0.3 is 0 Å². The third-order valence-corrected chi connectivity index (χ3v) is 2.59. The Kier molecular flexibility index (Phi) is 1.42. The maximum atomic E-state index is 5.53. The van der Waals surface area contributed by atoms with Crippen LogP contribution < -0.4 is 4.74 Å². The van der Waals surface area contributed by atoms with E-state index in [4.69, 9.17) is 4.74 Å². The summed E-state index contributed by atoms with van der Waals surface area (Å²) in [7, 11) is 0. The fourth-order valence-corrected chi connectivity index (χ4v) is 1.82. The predicted molar refractivity (Wildman–Crippen MR) is 50.5 cm³/mol. The molecule has 66 valence electrons. The van der Waals surface area contributed by atoms with Crippen LogP contribution >= 0.6 is 0 Å². The molecule has 0 amide bonds. The molecule has 1 aliphatic carbocycles. The number of hydrogen-bond donors (Lipinski definition) is 0. The lowest BCUT2D eigenvalue weighted by Gasteiger charge is -2.18. The van der Waals surface area contributed by atoms with Crippen LogP contribution in [0.5, 0.6) is 5.75 Å². The van der Waals surface area contributed by atoms with Gasteiger partial charge in [0.15, 0.2) is 0 Å². The molecular formula is C11H11NO. The summed E-state index contributed by atoms with van der Waals surface area (Å²) in [5.74, 6) is 0.961. The Hall–Kier alpha value is -1.31. The van der Waals surface area contributed by atoms with E-state index in [1.807, 2.05) is 18.3 Å². The van der Waals surface area contributed by atoms with E-state index < -0.39 is 0 Å². The van der Waals surface area contributed by atoms with Gasteiger partial charge in [0.05, 0.1) is 6.61 Å². The van der Waals surface area contributed by atoms with Gasteiger partial charge in [0.25, 0.3) is 0 Å². The Morgan fingerprint density at radius 1 is 1.23 bits per heavy atom. The molecule has 0 bridgehead atoms. The average Bonchev–Trinajstić information content (AvgIpc) is 3.00. The summed E-state index contributed by atoms with van der Waals surface area (Å²) in [6.07, 6.45) is 5.42. The first-order chi connectivity index (χ1) is 6.45. The normalized spacial score (nSPS) is 19.4. The second-order valence-corrected chi connectivity index (χ2v) is 3.53. The summed E-state index contributed by atoms with van der Waals surface area (Å²) >= 11 is 0. The van der Waals surface area contributed by atoms with Crippen molar-refractivity contribution in [3.05, 3.63) is 29.6 Å². The van der Waals surface area contributed by atoms with Crippen molar-refractivity contribution in [2.24, 2.45) is 0 Å². The summed E-state index contributed by atoms with van der Waals surface area (Å²) < 4.78 is 5.53. The molecule has 0 aromatic carbocycles. The van der Waals surface area contributed by atoms with Crippen LogP contribution in [0.2, 0.25) is 0 Å². The molecule has 2 nitrogen and oxygen atoms in total. The molecule has 13 heavy (non-hydrogen) atoms. The third-order valence-electron chi connectivity index (χ3n) is 2.59. The molecule has 1 aromatic heterocycles. The Labute approximate surface area is 77.3 Å². The van der Waals surface area contributed by atoms with Crippen LogP contribution in [-0.2, 0) is 0 Å². The van der Waals surface area contributed by atoms with Crippen LogP contribution in [0.4, 0.5) is 0 Å². The zero-order valence-corrected chi connectivity index (χ0v) is 7.42. The quantitative estimate of drug-likeness (QED) is 0.601. The van der Waals surface area contributed by atoms with Crippen molar-refractivity contribution in [1.29, 1.82) is 0 Å². The molecule has 1 aliphatic heterocycles. The van der Waals surface area contributed by atoms with E-state index in [0.717, 1.165) is 24.5 Å². The lowest BCUT2D eigenvalue weighted by molar-refractivity contribution is 0.314. The Morgan fingerprint density at radius 2 is 2.15 bits per heavy atom. The van der Waals surface area contributed by atoms with E-state index in [9.17, 15) is 0 Å². The average molecular weight is 173 g/mol. The first-order valence-corrected chi connectivity index (χ1v) is 4.74. The lowest BCUT2D eigenvalue weighted by atomic mass is 10.0. The molecule has 1 saturated carbocycles. The Bertz CT molecular complexity index is 375. The third kappa shape index (κ3) is 1.13. The maximum absolute atomic E-state index is 5.53. The Morgan fingerprint density at radius 3 is 3.00 bits per heavy atom. The minimum atomic E-state index is 0.817. The monoisotopic (exact) mass is 173 g/mol. The number of hydrogen-bond acceptors (Lipinski definition) is 2. The fourth-order valence-electron chi connectivity index (χ4n) is 1.82. The molecule has 3 rings (SSSR count). The number of ether oxygens (including phenoxy) is 1. The SMILES string of the molecule is c1cnc2c(c1)OCCC2=C1CC1. The molecular weight excluding hydrogens is 162 g/mol. The fraction of sp³-hybridized carbons (Fsp3) is 0.364. The van der Waals surface area contributed by atoms with E-state index in [2.05, 4.69) is 4.98 Å². The summed E-state index contributed by atoms with van der Waals surface area (Å²) in [6, 6.07) is 3.93. The van der Waals surface area contributed by atoms with Gasteiger partial charge in [-0.1, -0.05) is 5.57 Å². The van der Waals surface area contributed by atoms with Crippen molar-refractivity contribution in [2.45, 2.75) is 19.3 Å². The zero-order chi connectivity index (χ0) is 8.67. The standard InChI is InChI=1S/C11H11NO/c1-2-10-11(12-6-1)9(5-7-13-10)8-3-4-8/h1-2,6H,3-5,7H2. The molecule has 0 unspecified atom stereocenters. The van der Waals surface area contributed by atoms with Crippen LogP contribution in [0.15, 0.2) is 23.9 Å². The van der Waals surface area contributed by atoms with Gasteiger partial charge in [-0.2, -0.15) is 0 Å². The van der Waals surface area contributed by atoms with E-state index in [1.54, 1.807) is 5.57 Å². The predicted octanol–water partition coefficient (Wildman–Crippen LogP) is 2.41. The molecule has 0 spiro atoms. The van der Waals surface area contributed by atoms with Gasteiger partial charge < -0.3 is 4.74 Å². The van der Waals surface area contributed by atoms with Gasteiger partial charge in [0.2, 0.25) is 0 Å². The zero-order valence-electron chi connectivity index (χ0n) is 7.42. The van der Waals surface area contributed by atoms with Gasteiger partial charge in [-0.3, -0.25) is 4.98 Å². The minimum Gasteiger partial charge on any atom is -0.491 e. The number of fused-ring (bicyclic) bond motifs is 1. The van der Waals surface area contributed by atoms with Crippen LogP contribution in [0.25, 0.3) is 5.57 Å². The van der Waals surface area contributed by atoms with Gasteiger partial charge in [-0.05, 0) is 30.5 Å². The highest BCUT2D eigenvalue weighted by molar-refractivity contribution is 5.73. The number of allylic oxidation sites excluding steroid dienone is 1. The number of aromatic nitrogens is 1. The molecule has 2 heteroatoms. The highest BCUT2D eigenvalue weighted by Gasteiger charge is 2.24. The minimum absolute atomic E-state index is 0.817. The van der Waals surface area contributed by atoms with E-state index in [0.29, 0.717) is 0 Å². The van der Waals surface area contributed by atoms with E-state index >= 15 is 0 Å². The van der Waals surface area contributed by atoms with Gasteiger partial charge in [-0.25, -0.2) is 0 Å². The summed E-state index contributed by atoms with van der Waals surface area (Å²) in [5.41, 5.74) is 4.12. The second kappa shape index (κ2) is 2.59. The first kappa shape index (κ1) is 7.13. The van der Waals surface area contributed by atoms with Crippen molar-refractivity contribution in [1.82, 2.24) is 4.98 Å². The van der Waals surface area contributed by atoms with Gasteiger partial charge in [-0.15, -0.1) is 0 Å². The van der Waals surface area contributed by atoms with E-state index in [-0.39, 0.29) is 0 Å². The molecule has 2 aliphatic rings. The smallest absolute Gasteiger partial charge is 0.145 e. The van der Waals surface area contributed by atoms with Crippen LogP contribution in [0.3, 0.4) is 0 Å². The molecule has 1 aromatic rings. The number of pyridine rings is 1. The highest BCUT2D eigenvalue weighted by atomic mass is 16.5. The molecule has 0 saturated heterocycles. The summed E-state index contributed by atoms with van der Waals surface area (Å²) in [4.78, 5) is 4.38. The molecule has 0 N–H and O–H groups in total. The van der Waals surface area contributed by atoms with Crippen molar-refractivity contribution in [2.75, 3.05) is 6.61 Å². The number of nitrogens with zero attached hydrogens (tertiary/aromatic N) is 1. The first-order valence-electron chi connectivity index (χ1n) is 4.74. The number of rotatable bonds is 0. The maximum Gasteiger partial charge on any atom is 0.145 e. The Balaban J connectivity index is 2.16. The topological polar surface area (TPSA) is 22.1 Å². The molecule has 2 heterocycles. The highest BCUT2D eigenvalue weighted by Crippen LogP contribution is 2.41. The van der Waals surface area contributed by atoms with Crippen molar-refractivity contribution in [3.63, 3.8) is 0 Å². The van der Waals surface area contributed by atoms with Crippen LogP contribution in [-0.4, -0.2) is 11.6 Å². The molecule has 0 radical (unpaired) electrons. The largest absolute Gasteiger partial charge is 0.491 e. The molecule has 0 atom stereocenters. The second-order valence-electron chi connectivity index (χ2n) is 3.53.